The van der Waals surface area contributed by atoms with Crippen LogP contribution >= 0.6 is 0 Å². The van der Waals surface area contributed by atoms with Crippen LogP contribution in [0.15, 0.2) is 29.4 Å². The van der Waals surface area contributed by atoms with Crippen LogP contribution in [0.5, 0.6) is 0 Å². The second-order valence-corrected chi connectivity index (χ2v) is 3.66. The largest absolute Gasteiger partial charge is 0.295 e. The lowest BCUT2D eigenvalue weighted by molar-refractivity contribution is 0.101. The van der Waals surface area contributed by atoms with Gasteiger partial charge in [-0.2, -0.15) is 0 Å². The third-order valence-corrected chi connectivity index (χ3v) is 2.40. The van der Waals surface area contributed by atoms with E-state index in [9.17, 15) is 4.79 Å². The number of aryl methyl sites for hydroxylation is 1. The van der Waals surface area contributed by atoms with Crippen LogP contribution in [0.4, 0.5) is 0 Å². The summed E-state index contributed by atoms with van der Waals surface area (Å²) in [6.45, 7) is 2.12. The van der Waals surface area contributed by atoms with Gasteiger partial charge in [0.2, 0.25) is 0 Å². The van der Waals surface area contributed by atoms with E-state index >= 15 is 0 Å². The van der Waals surface area contributed by atoms with E-state index in [1.165, 1.54) is 5.56 Å². The van der Waals surface area contributed by atoms with Crippen molar-refractivity contribution in [2.24, 2.45) is 5.11 Å². The molecule has 0 unspecified atom stereocenters. The maximum absolute atomic E-state index is 11.0. The first kappa shape index (κ1) is 12.3. The molecule has 0 radical (unpaired) electrons. The highest BCUT2D eigenvalue weighted by Crippen LogP contribution is 2.08. The molecular weight excluding hydrogens is 202 g/mol. The van der Waals surface area contributed by atoms with E-state index in [2.05, 4.69) is 10.0 Å². The summed E-state index contributed by atoms with van der Waals surface area (Å²) >= 11 is 0. The van der Waals surface area contributed by atoms with Crippen LogP contribution in [0.1, 0.15) is 35.7 Å². The van der Waals surface area contributed by atoms with Crippen molar-refractivity contribution < 1.29 is 4.79 Å². The van der Waals surface area contributed by atoms with Gasteiger partial charge in [-0.15, -0.1) is 0 Å². The molecule has 4 nitrogen and oxygen atoms in total. The molecule has 0 aromatic heterocycles. The molecule has 0 fully saturated rings. The Balaban J connectivity index is 2.37. The Labute approximate surface area is 94.9 Å². The van der Waals surface area contributed by atoms with Gasteiger partial charge in [-0.1, -0.05) is 29.4 Å². The zero-order valence-corrected chi connectivity index (χ0v) is 9.39. The lowest BCUT2D eigenvalue weighted by atomic mass is 10.0. The highest BCUT2D eigenvalue weighted by molar-refractivity contribution is 5.93. The van der Waals surface area contributed by atoms with Crippen molar-refractivity contribution in [2.75, 3.05) is 6.54 Å². The molecule has 0 saturated heterocycles. The zero-order valence-electron chi connectivity index (χ0n) is 9.39. The predicted octanol–water partition coefficient (Wildman–Crippen LogP) is 3.52. The van der Waals surface area contributed by atoms with Crippen LogP contribution in [0.25, 0.3) is 10.4 Å². The van der Waals surface area contributed by atoms with Gasteiger partial charge in [0.25, 0.3) is 0 Å². The minimum atomic E-state index is 0.0925. The fourth-order valence-corrected chi connectivity index (χ4v) is 1.46. The molecule has 4 heteroatoms. The summed E-state index contributed by atoms with van der Waals surface area (Å²) in [4.78, 5) is 13.7. The topological polar surface area (TPSA) is 65.8 Å². The number of azide groups is 1. The molecule has 84 valence electrons. The van der Waals surface area contributed by atoms with Gasteiger partial charge in [-0.05, 0) is 37.3 Å². The second-order valence-electron chi connectivity index (χ2n) is 3.66. The minimum Gasteiger partial charge on any atom is -0.295 e. The molecule has 0 bridgehead atoms. The predicted molar refractivity (Wildman–Crippen MR) is 63.4 cm³/mol. The normalized spacial score (nSPS) is 9.56. The summed E-state index contributed by atoms with van der Waals surface area (Å²) in [5, 5.41) is 3.48. The van der Waals surface area contributed by atoms with Gasteiger partial charge < -0.3 is 0 Å². The maximum atomic E-state index is 11.0. The molecular formula is C12H15N3O. The monoisotopic (exact) mass is 217 g/mol. The lowest BCUT2D eigenvalue weighted by Gasteiger charge is -2.01. The summed E-state index contributed by atoms with van der Waals surface area (Å²) in [5.74, 6) is 0.0925. The number of hydrogen-bond donors (Lipinski definition) is 0. The van der Waals surface area contributed by atoms with Gasteiger partial charge in [0.1, 0.15) is 0 Å². The minimum absolute atomic E-state index is 0.0925. The highest BCUT2D eigenvalue weighted by atomic mass is 16.1. The molecule has 0 aliphatic carbocycles. The standard InChI is InChI=1S/C12H15N3O/c1-10(16)12-7-5-11(6-8-12)4-2-3-9-14-15-13/h5-8H,2-4,9H2,1H3. The summed E-state index contributed by atoms with van der Waals surface area (Å²) in [5.41, 5.74) is 10.1. The van der Waals surface area contributed by atoms with Crippen LogP contribution in [0, 0.1) is 0 Å². The number of carbonyl (C=O) groups excluding carboxylic acids is 1. The Morgan fingerprint density at radius 1 is 1.31 bits per heavy atom. The highest BCUT2D eigenvalue weighted by Gasteiger charge is 1.98. The molecule has 0 amide bonds. The Bertz CT molecular complexity index is 391. The average molecular weight is 217 g/mol. The Morgan fingerprint density at radius 2 is 2.00 bits per heavy atom. The van der Waals surface area contributed by atoms with Crippen molar-refractivity contribution in [2.45, 2.75) is 26.2 Å². The van der Waals surface area contributed by atoms with Gasteiger partial charge in [0.15, 0.2) is 5.78 Å². The molecule has 1 aromatic rings. The van der Waals surface area contributed by atoms with Gasteiger partial charge in [-0.25, -0.2) is 0 Å². The number of ketones is 1. The van der Waals surface area contributed by atoms with Crippen LogP contribution in [-0.4, -0.2) is 12.3 Å². The van der Waals surface area contributed by atoms with E-state index in [-0.39, 0.29) is 5.78 Å². The molecule has 0 saturated carbocycles. The Morgan fingerprint density at radius 3 is 2.56 bits per heavy atom. The van der Waals surface area contributed by atoms with Crippen LogP contribution in [0.3, 0.4) is 0 Å². The molecule has 1 aromatic carbocycles. The van der Waals surface area contributed by atoms with E-state index < -0.39 is 0 Å². The molecule has 0 aliphatic heterocycles. The lowest BCUT2D eigenvalue weighted by Crippen LogP contribution is -1.93. The Hall–Kier alpha value is -1.80. The SMILES string of the molecule is CC(=O)c1ccc(CCCCN=[N+]=[N-])cc1. The smallest absolute Gasteiger partial charge is 0.159 e. The maximum Gasteiger partial charge on any atom is 0.159 e. The average Bonchev–Trinajstić information content (AvgIpc) is 2.29. The molecule has 0 spiro atoms. The summed E-state index contributed by atoms with van der Waals surface area (Å²) in [6.07, 6.45) is 2.86. The molecule has 0 atom stereocenters. The first-order chi connectivity index (χ1) is 7.74. The van der Waals surface area contributed by atoms with E-state index in [1.807, 2.05) is 24.3 Å². The number of nitrogens with zero attached hydrogens (tertiary/aromatic N) is 3. The molecule has 1 rings (SSSR count). The third kappa shape index (κ3) is 4.15. The number of benzene rings is 1. The van der Waals surface area contributed by atoms with Crippen LogP contribution in [0.2, 0.25) is 0 Å². The molecule has 16 heavy (non-hydrogen) atoms. The van der Waals surface area contributed by atoms with Gasteiger partial charge in [0, 0.05) is 17.0 Å². The number of carbonyl (C=O) groups is 1. The van der Waals surface area contributed by atoms with Crippen molar-refractivity contribution in [3.63, 3.8) is 0 Å². The second kappa shape index (κ2) is 6.64. The van der Waals surface area contributed by atoms with Gasteiger partial charge >= 0.3 is 0 Å². The number of rotatable bonds is 6. The molecule has 0 N–H and O–H groups in total. The number of unbranched alkanes of at least 4 members (excludes halogenated alkanes) is 1. The van der Waals surface area contributed by atoms with Gasteiger partial charge in [0.05, 0.1) is 0 Å². The summed E-state index contributed by atoms with van der Waals surface area (Å²) in [7, 11) is 0. The van der Waals surface area contributed by atoms with Gasteiger partial charge in [-0.3, -0.25) is 4.79 Å². The molecule has 0 aliphatic rings. The van der Waals surface area contributed by atoms with E-state index in [1.54, 1.807) is 6.92 Å². The van der Waals surface area contributed by atoms with E-state index in [0.29, 0.717) is 6.54 Å². The summed E-state index contributed by atoms with van der Waals surface area (Å²) in [6, 6.07) is 7.66. The Kier molecular flexibility index (Phi) is 5.09. The van der Waals surface area contributed by atoms with Crippen molar-refractivity contribution in [3.05, 3.63) is 45.8 Å². The summed E-state index contributed by atoms with van der Waals surface area (Å²) < 4.78 is 0. The van der Waals surface area contributed by atoms with Crippen molar-refractivity contribution in [1.29, 1.82) is 0 Å². The first-order valence-electron chi connectivity index (χ1n) is 5.35. The first-order valence-corrected chi connectivity index (χ1v) is 5.35. The number of hydrogen-bond acceptors (Lipinski definition) is 2. The van der Waals surface area contributed by atoms with Crippen molar-refractivity contribution in [3.8, 4) is 0 Å². The number of Topliss-reactive ketones (excluding diaryl/α,β-unsaturated/α-hetero) is 1. The fraction of sp³-hybridized carbons (Fsp3) is 0.417. The van der Waals surface area contributed by atoms with E-state index in [0.717, 1.165) is 24.8 Å². The van der Waals surface area contributed by atoms with E-state index in [4.69, 9.17) is 5.53 Å². The molecule has 0 heterocycles. The zero-order chi connectivity index (χ0) is 11.8. The third-order valence-electron chi connectivity index (χ3n) is 2.40. The van der Waals surface area contributed by atoms with Crippen LogP contribution < -0.4 is 0 Å². The van der Waals surface area contributed by atoms with Crippen molar-refractivity contribution in [1.82, 2.24) is 0 Å². The van der Waals surface area contributed by atoms with Crippen LogP contribution in [-0.2, 0) is 6.42 Å². The fourth-order valence-electron chi connectivity index (χ4n) is 1.46. The van der Waals surface area contributed by atoms with Crippen molar-refractivity contribution >= 4 is 5.78 Å². The quantitative estimate of drug-likeness (QED) is 0.236.